The Labute approximate surface area is 134 Å². The highest BCUT2D eigenvalue weighted by Crippen LogP contribution is 2.23. The number of aryl methyl sites for hydroxylation is 2. The SMILES string of the molecule is Cc1ccc(Cl)cc1NC(=S)n1c(C)cc2ccccc21. The first-order valence-corrected chi connectivity index (χ1v) is 7.49. The Balaban J connectivity index is 2.01. The number of aromatic nitrogens is 1. The summed E-state index contributed by atoms with van der Waals surface area (Å²) >= 11 is 11.6. The van der Waals surface area contributed by atoms with Gasteiger partial charge >= 0.3 is 0 Å². The van der Waals surface area contributed by atoms with Gasteiger partial charge in [0.05, 0.1) is 5.52 Å². The maximum absolute atomic E-state index is 6.06. The molecule has 4 heteroatoms. The Morgan fingerprint density at radius 1 is 1.10 bits per heavy atom. The van der Waals surface area contributed by atoms with E-state index < -0.39 is 0 Å². The van der Waals surface area contributed by atoms with Gasteiger partial charge in [-0.3, -0.25) is 4.57 Å². The summed E-state index contributed by atoms with van der Waals surface area (Å²) in [6.07, 6.45) is 0. The summed E-state index contributed by atoms with van der Waals surface area (Å²) < 4.78 is 2.05. The molecule has 1 N–H and O–H groups in total. The molecule has 0 aliphatic rings. The van der Waals surface area contributed by atoms with Crippen molar-refractivity contribution in [3.8, 4) is 0 Å². The Bertz CT molecular complexity index is 836. The summed E-state index contributed by atoms with van der Waals surface area (Å²) in [5.74, 6) is 0. The summed E-state index contributed by atoms with van der Waals surface area (Å²) in [6, 6.07) is 16.1. The average molecular weight is 315 g/mol. The minimum absolute atomic E-state index is 0.652. The van der Waals surface area contributed by atoms with Crippen LogP contribution in [-0.2, 0) is 0 Å². The molecule has 3 aromatic rings. The van der Waals surface area contributed by atoms with E-state index >= 15 is 0 Å². The van der Waals surface area contributed by atoms with E-state index in [1.807, 2.05) is 41.8 Å². The molecule has 0 fully saturated rings. The lowest BCUT2D eigenvalue weighted by molar-refractivity contribution is 1.14. The molecule has 0 aliphatic heterocycles. The van der Waals surface area contributed by atoms with E-state index in [-0.39, 0.29) is 0 Å². The highest BCUT2D eigenvalue weighted by Gasteiger charge is 2.10. The number of hydrogen-bond acceptors (Lipinski definition) is 1. The number of nitrogens with zero attached hydrogens (tertiary/aromatic N) is 1. The molecular formula is C17H15ClN2S. The van der Waals surface area contributed by atoms with Crippen LogP contribution >= 0.6 is 23.8 Å². The molecular weight excluding hydrogens is 300 g/mol. The second-order valence-corrected chi connectivity index (χ2v) is 5.89. The highest BCUT2D eigenvalue weighted by molar-refractivity contribution is 7.80. The van der Waals surface area contributed by atoms with Crippen molar-refractivity contribution in [2.45, 2.75) is 13.8 Å². The molecule has 106 valence electrons. The first-order chi connectivity index (χ1) is 10.1. The largest absolute Gasteiger partial charge is 0.332 e. The standard InChI is InChI=1S/C17H15ClN2S/c1-11-7-8-14(18)10-15(11)19-17(21)20-12(2)9-13-5-3-4-6-16(13)20/h3-10H,1-2H3,(H,19,21). The molecule has 2 aromatic carbocycles. The maximum Gasteiger partial charge on any atom is 0.182 e. The molecule has 2 nitrogen and oxygen atoms in total. The van der Waals surface area contributed by atoms with Crippen LogP contribution in [0.4, 0.5) is 5.69 Å². The minimum atomic E-state index is 0.652. The van der Waals surface area contributed by atoms with Gasteiger partial charge in [0.25, 0.3) is 0 Å². The topological polar surface area (TPSA) is 17.0 Å². The van der Waals surface area contributed by atoms with Crippen molar-refractivity contribution in [2.75, 3.05) is 5.32 Å². The van der Waals surface area contributed by atoms with Gasteiger partial charge in [-0.25, -0.2) is 0 Å². The van der Waals surface area contributed by atoms with Crippen LogP contribution in [0, 0.1) is 13.8 Å². The highest BCUT2D eigenvalue weighted by atomic mass is 35.5. The molecule has 0 amide bonds. The number of rotatable bonds is 1. The monoisotopic (exact) mass is 314 g/mol. The van der Waals surface area contributed by atoms with Crippen LogP contribution in [0.1, 0.15) is 11.3 Å². The Kier molecular flexibility index (Phi) is 3.70. The summed E-state index contributed by atoms with van der Waals surface area (Å²) in [4.78, 5) is 0. The van der Waals surface area contributed by atoms with Gasteiger partial charge in [-0.2, -0.15) is 0 Å². The van der Waals surface area contributed by atoms with E-state index in [0.29, 0.717) is 10.1 Å². The van der Waals surface area contributed by atoms with Crippen molar-refractivity contribution in [1.82, 2.24) is 4.57 Å². The van der Waals surface area contributed by atoms with Crippen LogP contribution < -0.4 is 5.32 Å². The van der Waals surface area contributed by atoms with Gasteiger partial charge in [0.15, 0.2) is 5.11 Å². The average Bonchev–Trinajstić information content (AvgIpc) is 2.78. The Hall–Kier alpha value is -1.84. The van der Waals surface area contributed by atoms with Crippen molar-refractivity contribution < 1.29 is 0 Å². The number of nitrogens with one attached hydrogen (secondary N) is 1. The summed E-state index contributed by atoms with van der Waals surface area (Å²) in [5.41, 5.74) is 4.25. The van der Waals surface area contributed by atoms with Crippen LogP contribution in [0.2, 0.25) is 5.02 Å². The van der Waals surface area contributed by atoms with Gasteiger partial charge in [-0.15, -0.1) is 0 Å². The first kappa shape index (κ1) is 14.1. The molecule has 0 radical (unpaired) electrons. The fraction of sp³-hybridized carbons (Fsp3) is 0.118. The van der Waals surface area contributed by atoms with E-state index in [1.165, 1.54) is 5.39 Å². The molecule has 3 rings (SSSR count). The fourth-order valence-electron chi connectivity index (χ4n) is 2.46. The number of hydrogen-bond donors (Lipinski definition) is 1. The Morgan fingerprint density at radius 2 is 1.86 bits per heavy atom. The van der Waals surface area contributed by atoms with Gasteiger partial charge in [0.1, 0.15) is 0 Å². The zero-order valence-electron chi connectivity index (χ0n) is 11.9. The molecule has 21 heavy (non-hydrogen) atoms. The third kappa shape index (κ3) is 2.67. The van der Waals surface area contributed by atoms with E-state index in [9.17, 15) is 0 Å². The Morgan fingerprint density at radius 3 is 2.67 bits per heavy atom. The number of halogens is 1. The molecule has 0 spiro atoms. The van der Waals surface area contributed by atoms with Crippen LogP contribution in [0.5, 0.6) is 0 Å². The molecule has 0 unspecified atom stereocenters. The summed E-state index contributed by atoms with van der Waals surface area (Å²) in [7, 11) is 0. The van der Waals surface area contributed by atoms with Crippen molar-refractivity contribution in [3.63, 3.8) is 0 Å². The first-order valence-electron chi connectivity index (χ1n) is 6.71. The van der Waals surface area contributed by atoms with Gasteiger partial charge < -0.3 is 5.32 Å². The van der Waals surface area contributed by atoms with Gasteiger partial charge in [-0.05, 0) is 55.9 Å². The lowest BCUT2D eigenvalue weighted by atomic mass is 10.2. The predicted molar refractivity (Wildman–Crippen MR) is 94.5 cm³/mol. The molecule has 1 aromatic heterocycles. The second-order valence-electron chi connectivity index (χ2n) is 5.07. The molecule has 0 atom stereocenters. The summed E-state index contributed by atoms with van der Waals surface area (Å²) in [5, 5.41) is 5.83. The number of benzene rings is 2. The molecule has 0 saturated heterocycles. The number of thiocarbonyl (C=S) groups is 1. The zero-order valence-corrected chi connectivity index (χ0v) is 13.4. The third-order valence-corrected chi connectivity index (χ3v) is 4.06. The van der Waals surface area contributed by atoms with Crippen LogP contribution in [-0.4, -0.2) is 9.68 Å². The van der Waals surface area contributed by atoms with Crippen LogP contribution in [0.15, 0.2) is 48.5 Å². The second kappa shape index (κ2) is 5.51. The summed E-state index contributed by atoms with van der Waals surface area (Å²) in [6.45, 7) is 4.08. The van der Waals surface area contributed by atoms with E-state index in [1.54, 1.807) is 0 Å². The normalized spacial score (nSPS) is 10.8. The van der Waals surface area contributed by atoms with E-state index in [2.05, 4.69) is 30.4 Å². The van der Waals surface area contributed by atoms with Crippen LogP contribution in [0.25, 0.3) is 10.9 Å². The predicted octanol–water partition coefficient (Wildman–Crippen LogP) is 5.16. The quantitative estimate of drug-likeness (QED) is 0.625. The third-order valence-electron chi connectivity index (χ3n) is 3.54. The number of anilines is 1. The van der Waals surface area contributed by atoms with Gasteiger partial charge in [0.2, 0.25) is 0 Å². The maximum atomic E-state index is 6.06. The number of para-hydroxylation sites is 1. The molecule has 1 heterocycles. The minimum Gasteiger partial charge on any atom is -0.332 e. The lowest BCUT2D eigenvalue weighted by Crippen LogP contribution is -2.20. The van der Waals surface area contributed by atoms with Crippen LogP contribution in [0.3, 0.4) is 0 Å². The smallest absolute Gasteiger partial charge is 0.182 e. The fourth-order valence-corrected chi connectivity index (χ4v) is 2.99. The number of fused-ring (bicyclic) bond motifs is 1. The van der Waals surface area contributed by atoms with Crippen molar-refractivity contribution in [3.05, 3.63) is 64.8 Å². The van der Waals surface area contributed by atoms with E-state index in [0.717, 1.165) is 22.5 Å². The lowest BCUT2D eigenvalue weighted by Gasteiger charge is -2.14. The molecule has 0 bridgehead atoms. The molecule has 0 saturated carbocycles. The molecule has 0 aliphatic carbocycles. The zero-order chi connectivity index (χ0) is 15.0. The van der Waals surface area contributed by atoms with Crippen molar-refractivity contribution >= 4 is 45.5 Å². The van der Waals surface area contributed by atoms with Gasteiger partial charge in [0, 0.05) is 21.8 Å². The van der Waals surface area contributed by atoms with Gasteiger partial charge in [-0.1, -0.05) is 35.9 Å². The van der Waals surface area contributed by atoms with Crippen molar-refractivity contribution in [1.29, 1.82) is 0 Å². The van der Waals surface area contributed by atoms with Crippen molar-refractivity contribution in [2.24, 2.45) is 0 Å². The van der Waals surface area contributed by atoms with E-state index in [4.69, 9.17) is 23.8 Å².